The molecule has 0 aromatic heterocycles. The van der Waals surface area contributed by atoms with Crippen LogP contribution in [0, 0.1) is 5.82 Å². The quantitative estimate of drug-likeness (QED) is 0.833. The van der Waals surface area contributed by atoms with Crippen molar-refractivity contribution in [1.82, 2.24) is 9.80 Å². The van der Waals surface area contributed by atoms with E-state index in [-0.39, 0.29) is 11.6 Å². The molecule has 19 heavy (non-hydrogen) atoms. The lowest BCUT2D eigenvalue weighted by atomic mass is 10.2. The molecule has 1 N–H and O–H groups in total. The summed E-state index contributed by atoms with van der Waals surface area (Å²) >= 11 is 5.88. The van der Waals surface area contributed by atoms with E-state index < -0.39 is 11.8 Å². The summed E-state index contributed by atoms with van der Waals surface area (Å²) in [6, 6.07) is 4.56. The molecule has 0 aliphatic heterocycles. The summed E-state index contributed by atoms with van der Waals surface area (Å²) in [7, 11) is 3.82. The SMILES string of the molecule is CN(C)CCN(CC(=O)O)Cc1cccc(F)c1Cl. The molecular weight excluding hydrogens is 271 g/mol. The zero-order chi connectivity index (χ0) is 14.4. The van der Waals surface area contributed by atoms with Gasteiger partial charge in [-0.1, -0.05) is 23.7 Å². The number of aliphatic carboxylic acids is 1. The van der Waals surface area contributed by atoms with Gasteiger partial charge in [-0.2, -0.15) is 0 Å². The van der Waals surface area contributed by atoms with Crippen LogP contribution in [0.2, 0.25) is 5.02 Å². The van der Waals surface area contributed by atoms with Crippen molar-refractivity contribution in [3.05, 3.63) is 34.6 Å². The van der Waals surface area contributed by atoms with Crippen molar-refractivity contribution in [2.75, 3.05) is 33.7 Å². The van der Waals surface area contributed by atoms with Crippen molar-refractivity contribution in [2.45, 2.75) is 6.54 Å². The molecule has 0 aliphatic carbocycles. The number of carbonyl (C=O) groups is 1. The highest BCUT2D eigenvalue weighted by atomic mass is 35.5. The highest BCUT2D eigenvalue weighted by molar-refractivity contribution is 6.31. The Morgan fingerprint density at radius 3 is 2.63 bits per heavy atom. The van der Waals surface area contributed by atoms with Gasteiger partial charge in [-0.15, -0.1) is 0 Å². The third kappa shape index (κ3) is 5.55. The number of hydrogen-bond donors (Lipinski definition) is 1. The second kappa shape index (κ2) is 7.43. The fourth-order valence-corrected chi connectivity index (χ4v) is 1.84. The zero-order valence-corrected chi connectivity index (χ0v) is 11.8. The molecule has 0 bridgehead atoms. The van der Waals surface area contributed by atoms with Crippen LogP contribution >= 0.6 is 11.6 Å². The van der Waals surface area contributed by atoms with E-state index in [0.29, 0.717) is 18.7 Å². The molecule has 0 atom stereocenters. The second-order valence-corrected chi connectivity index (χ2v) is 5.00. The summed E-state index contributed by atoms with van der Waals surface area (Å²) in [4.78, 5) is 14.5. The average molecular weight is 289 g/mol. The van der Waals surface area contributed by atoms with E-state index in [9.17, 15) is 9.18 Å². The molecule has 0 aliphatic rings. The van der Waals surface area contributed by atoms with Crippen molar-refractivity contribution in [3.8, 4) is 0 Å². The van der Waals surface area contributed by atoms with Gasteiger partial charge in [0.25, 0.3) is 0 Å². The Bertz CT molecular complexity index is 441. The Kier molecular flexibility index (Phi) is 6.21. The minimum absolute atomic E-state index is 0.0581. The summed E-state index contributed by atoms with van der Waals surface area (Å²) in [5.41, 5.74) is 0.599. The Labute approximate surface area is 117 Å². The maximum atomic E-state index is 13.3. The topological polar surface area (TPSA) is 43.8 Å². The van der Waals surface area contributed by atoms with Crippen LogP contribution in [0.25, 0.3) is 0 Å². The highest BCUT2D eigenvalue weighted by Gasteiger charge is 2.14. The highest BCUT2D eigenvalue weighted by Crippen LogP contribution is 2.21. The Morgan fingerprint density at radius 2 is 2.05 bits per heavy atom. The summed E-state index contributed by atoms with van der Waals surface area (Å²) in [6.07, 6.45) is 0. The fourth-order valence-electron chi connectivity index (χ4n) is 1.66. The second-order valence-electron chi connectivity index (χ2n) is 4.62. The Morgan fingerprint density at radius 1 is 1.37 bits per heavy atom. The van der Waals surface area contributed by atoms with Gasteiger partial charge in [0.1, 0.15) is 5.82 Å². The standard InChI is InChI=1S/C13H18ClFN2O2/c1-16(2)6-7-17(9-12(18)19)8-10-4-3-5-11(15)13(10)14/h3-5H,6-9H2,1-2H3,(H,18,19). The normalized spacial score (nSPS) is 11.3. The molecule has 4 nitrogen and oxygen atoms in total. The third-order valence-corrected chi connectivity index (χ3v) is 3.07. The summed E-state index contributed by atoms with van der Waals surface area (Å²) in [5.74, 6) is -1.40. The number of carboxylic acids is 1. The van der Waals surface area contributed by atoms with E-state index in [2.05, 4.69) is 0 Å². The minimum Gasteiger partial charge on any atom is -0.480 e. The molecule has 6 heteroatoms. The van der Waals surface area contributed by atoms with Crippen LogP contribution in [0.15, 0.2) is 18.2 Å². The number of halogens is 2. The smallest absolute Gasteiger partial charge is 0.317 e. The molecular formula is C13H18ClFN2O2. The van der Waals surface area contributed by atoms with E-state index in [1.165, 1.54) is 6.07 Å². The molecule has 0 heterocycles. The van der Waals surface area contributed by atoms with Gasteiger partial charge in [-0.25, -0.2) is 4.39 Å². The molecule has 0 radical (unpaired) electrons. The predicted octanol–water partition coefficient (Wildman–Crippen LogP) is 1.93. The fraction of sp³-hybridized carbons (Fsp3) is 0.462. The van der Waals surface area contributed by atoms with Crippen molar-refractivity contribution in [3.63, 3.8) is 0 Å². The van der Waals surface area contributed by atoms with E-state index in [0.717, 1.165) is 6.54 Å². The van der Waals surface area contributed by atoms with Crippen molar-refractivity contribution in [1.29, 1.82) is 0 Å². The molecule has 0 fully saturated rings. The third-order valence-electron chi connectivity index (χ3n) is 2.65. The van der Waals surface area contributed by atoms with Gasteiger partial charge in [0.2, 0.25) is 0 Å². The van der Waals surface area contributed by atoms with Crippen LogP contribution in [0.4, 0.5) is 4.39 Å². The molecule has 106 valence electrons. The summed E-state index contributed by atoms with van der Waals surface area (Å²) < 4.78 is 13.3. The Hall–Kier alpha value is -1.17. The molecule has 0 spiro atoms. The first-order valence-corrected chi connectivity index (χ1v) is 6.29. The number of carboxylic acid groups (broad SMARTS) is 1. The van der Waals surface area contributed by atoms with Crippen LogP contribution < -0.4 is 0 Å². The first-order valence-electron chi connectivity index (χ1n) is 5.92. The molecule has 0 saturated heterocycles. The molecule has 0 amide bonds. The van der Waals surface area contributed by atoms with Crippen LogP contribution in [-0.4, -0.2) is 54.6 Å². The number of likely N-dealkylation sites (N-methyl/N-ethyl adjacent to an activating group) is 1. The predicted molar refractivity (Wildman–Crippen MR) is 72.9 cm³/mol. The number of benzene rings is 1. The summed E-state index contributed by atoms with van der Waals surface area (Å²) in [5, 5.41) is 8.95. The lowest BCUT2D eigenvalue weighted by Gasteiger charge is -2.22. The van der Waals surface area contributed by atoms with Crippen LogP contribution in [0.5, 0.6) is 0 Å². The van der Waals surface area contributed by atoms with Gasteiger partial charge < -0.3 is 10.0 Å². The van der Waals surface area contributed by atoms with Crippen LogP contribution in [0.1, 0.15) is 5.56 Å². The van der Waals surface area contributed by atoms with Crippen molar-refractivity contribution >= 4 is 17.6 Å². The maximum Gasteiger partial charge on any atom is 0.317 e. The van der Waals surface area contributed by atoms with Crippen molar-refractivity contribution in [2.24, 2.45) is 0 Å². The van der Waals surface area contributed by atoms with Crippen LogP contribution in [0.3, 0.4) is 0 Å². The molecule has 1 aromatic carbocycles. The lowest BCUT2D eigenvalue weighted by molar-refractivity contribution is -0.138. The monoisotopic (exact) mass is 288 g/mol. The average Bonchev–Trinajstić information content (AvgIpc) is 2.31. The van der Waals surface area contributed by atoms with Gasteiger partial charge in [0.05, 0.1) is 11.6 Å². The lowest BCUT2D eigenvalue weighted by Crippen LogP contribution is -2.35. The maximum absolute atomic E-state index is 13.3. The minimum atomic E-state index is -0.911. The largest absolute Gasteiger partial charge is 0.480 e. The Balaban J connectivity index is 2.75. The van der Waals surface area contributed by atoms with E-state index >= 15 is 0 Å². The number of hydrogen-bond acceptors (Lipinski definition) is 3. The van der Waals surface area contributed by atoms with Gasteiger partial charge in [0, 0.05) is 19.6 Å². The van der Waals surface area contributed by atoms with E-state index in [1.54, 1.807) is 17.0 Å². The summed E-state index contributed by atoms with van der Waals surface area (Å²) in [6.45, 7) is 1.52. The zero-order valence-electron chi connectivity index (χ0n) is 11.1. The van der Waals surface area contributed by atoms with Gasteiger partial charge >= 0.3 is 5.97 Å². The number of nitrogens with zero attached hydrogens (tertiary/aromatic N) is 2. The van der Waals surface area contributed by atoms with Gasteiger partial charge in [-0.3, -0.25) is 9.69 Å². The first kappa shape index (κ1) is 15.9. The first-order chi connectivity index (χ1) is 8.90. The molecule has 1 aromatic rings. The molecule has 0 unspecified atom stereocenters. The van der Waals surface area contributed by atoms with Gasteiger partial charge in [0.15, 0.2) is 0 Å². The molecule has 1 rings (SSSR count). The van der Waals surface area contributed by atoms with Crippen molar-refractivity contribution < 1.29 is 14.3 Å². The van der Waals surface area contributed by atoms with Gasteiger partial charge in [-0.05, 0) is 25.7 Å². The number of rotatable bonds is 7. The molecule has 0 saturated carbocycles. The van der Waals surface area contributed by atoms with Crippen LogP contribution in [-0.2, 0) is 11.3 Å². The van der Waals surface area contributed by atoms with E-state index in [1.807, 2.05) is 19.0 Å². The van der Waals surface area contributed by atoms with E-state index in [4.69, 9.17) is 16.7 Å².